The average molecular weight is 429 g/mol. The highest BCUT2D eigenvalue weighted by Crippen LogP contribution is 2.41. The Bertz CT molecular complexity index is 1070. The van der Waals surface area contributed by atoms with Crippen molar-refractivity contribution in [1.29, 1.82) is 0 Å². The second-order valence-corrected chi connectivity index (χ2v) is 8.15. The SMILES string of the molecule is O=C(CSc1nc(C2CC2)n(-c2ccccc2)n1)Nc1cc2c(cc1Cl)OCO2. The van der Waals surface area contributed by atoms with Gasteiger partial charge in [-0.05, 0) is 25.0 Å². The fourth-order valence-corrected chi connectivity index (χ4v) is 3.89. The number of rotatable bonds is 6. The first-order valence-corrected chi connectivity index (χ1v) is 10.6. The molecule has 1 N–H and O–H groups in total. The number of amides is 1. The van der Waals surface area contributed by atoms with Gasteiger partial charge in [0.2, 0.25) is 17.9 Å². The summed E-state index contributed by atoms with van der Waals surface area (Å²) in [5, 5.41) is 8.40. The first-order chi connectivity index (χ1) is 14.2. The standard InChI is InChI=1S/C20H17ClN4O3S/c21-14-8-16-17(28-11-27-16)9-15(14)22-18(26)10-29-20-23-19(12-6-7-12)25(24-20)13-4-2-1-3-5-13/h1-5,8-9,12H,6-7,10-11H2,(H,22,26). The molecule has 3 aromatic rings. The van der Waals surface area contributed by atoms with Crippen LogP contribution in [0.3, 0.4) is 0 Å². The van der Waals surface area contributed by atoms with Crippen LogP contribution in [0.2, 0.25) is 5.02 Å². The van der Waals surface area contributed by atoms with Gasteiger partial charge in [-0.3, -0.25) is 4.79 Å². The topological polar surface area (TPSA) is 78.3 Å². The molecule has 0 radical (unpaired) electrons. The van der Waals surface area contributed by atoms with Gasteiger partial charge in [0.1, 0.15) is 5.82 Å². The zero-order valence-corrected chi connectivity index (χ0v) is 16.9. The van der Waals surface area contributed by atoms with Gasteiger partial charge in [0.25, 0.3) is 0 Å². The van der Waals surface area contributed by atoms with Gasteiger partial charge in [0.05, 0.1) is 22.2 Å². The van der Waals surface area contributed by atoms with E-state index in [1.54, 1.807) is 12.1 Å². The second kappa shape index (κ2) is 7.61. The van der Waals surface area contributed by atoms with Crippen LogP contribution in [0, 0.1) is 0 Å². The number of halogens is 1. The number of nitrogens with one attached hydrogen (secondary N) is 1. The molecule has 0 unspecified atom stereocenters. The fraction of sp³-hybridized carbons (Fsp3) is 0.250. The van der Waals surface area contributed by atoms with Crippen molar-refractivity contribution < 1.29 is 14.3 Å². The smallest absolute Gasteiger partial charge is 0.234 e. The summed E-state index contributed by atoms with van der Waals surface area (Å²) in [6.45, 7) is 0.151. The van der Waals surface area contributed by atoms with Gasteiger partial charge in [-0.25, -0.2) is 9.67 Å². The van der Waals surface area contributed by atoms with E-state index in [9.17, 15) is 4.79 Å². The summed E-state index contributed by atoms with van der Waals surface area (Å²) in [6.07, 6.45) is 2.25. The summed E-state index contributed by atoms with van der Waals surface area (Å²) < 4.78 is 12.5. The minimum Gasteiger partial charge on any atom is -0.454 e. The van der Waals surface area contributed by atoms with Gasteiger partial charge >= 0.3 is 0 Å². The third kappa shape index (κ3) is 3.90. The Balaban J connectivity index is 1.27. The molecule has 0 atom stereocenters. The number of fused-ring (bicyclic) bond motifs is 1. The third-order valence-electron chi connectivity index (χ3n) is 4.62. The molecule has 1 aliphatic carbocycles. The number of ether oxygens (including phenoxy) is 2. The van der Waals surface area contributed by atoms with E-state index in [4.69, 9.17) is 21.1 Å². The van der Waals surface area contributed by atoms with Gasteiger partial charge in [0.15, 0.2) is 11.5 Å². The average Bonchev–Trinajstić information content (AvgIpc) is 3.33. The number of hydrogen-bond donors (Lipinski definition) is 1. The molecule has 1 fully saturated rings. The van der Waals surface area contributed by atoms with Crippen LogP contribution in [-0.2, 0) is 4.79 Å². The minimum absolute atomic E-state index is 0.151. The molecule has 2 aliphatic rings. The van der Waals surface area contributed by atoms with Gasteiger partial charge in [-0.15, -0.1) is 5.10 Å². The maximum Gasteiger partial charge on any atom is 0.234 e. The quantitative estimate of drug-likeness (QED) is 0.591. The van der Waals surface area contributed by atoms with E-state index >= 15 is 0 Å². The Morgan fingerprint density at radius 3 is 2.72 bits per heavy atom. The zero-order valence-electron chi connectivity index (χ0n) is 15.3. The van der Waals surface area contributed by atoms with E-state index in [0.717, 1.165) is 24.4 Å². The lowest BCUT2D eigenvalue weighted by Gasteiger charge is -2.07. The highest BCUT2D eigenvalue weighted by atomic mass is 35.5. The summed E-state index contributed by atoms with van der Waals surface area (Å²) in [5.74, 6) is 2.52. The number of carbonyl (C=O) groups excluding carboxylic acids is 1. The summed E-state index contributed by atoms with van der Waals surface area (Å²) >= 11 is 7.52. The van der Waals surface area contributed by atoms with Crippen molar-refractivity contribution >= 4 is 35.0 Å². The highest BCUT2D eigenvalue weighted by Gasteiger charge is 2.30. The van der Waals surface area contributed by atoms with E-state index in [-0.39, 0.29) is 18.5 Å². The lowest BCUT2D eigenvalue weighted by Crippen LogP contribution is -2.14. The molecule has 5 rings (SSSR count). The van der Waals surface area contributed by atoms with Crippen molar-refractivity contribution in [1.82, 2.24) is 14.8 Å². The number of aromatic nitrogens is 3. The number of benzene rings is 2. The lowest BCUT2D eigenvalue weighted by atomic mass is 10.2. The number of thioether (sulfide) groups is 1. The van der Waals surface area contributed by atoms with Crippen molar-refractivity contribution in [2.45, 2.75) is 23.9 Å². The van der Waals surface area contributed by atoms with Crippen LogP contribution >= 0.6 is 23.4 Å². The highest BCUT2D eigenvalue weighted by molar-refractivity contribution is 7.99. The van der Waals surface area contributed by atoms with Crippen LogP contribution in [-0.4, -0.2) is 33.2 Å². The van der Waals surface area contributed by atoms with Crippen LogP contribution in [0.15, 0.2) is 47.6 Å². The summed E-state index contributed by atoms with van der Waals surface area (Å²) in [7, 11) is 0. The van der Waals surface area contributed by atoms with Crippen LogP contribution in [0.25, 0.3) is 5.69 Å². The predicted octanol–water partition coefficient (Wildman–Crippen LogP) is 4.26. The molecule has 2 heterocycles. The molecule has 9 heteroatoms. The van der Waals surface area contributed by atoms with Crippen molar-refractivity contribution in [3.63, 3.8) is 0 Å². The maximum atomic E-state index is 12.4. The summed E-state index contributed by atoms with van der Waals surface area (Å²) in [6, 6.07) is 13.2. The van der Waals surface area contributed by atoms with Crippen molar-refractivity contribution in [2.75, 3.05) is 17.9 Å². The first-order valence-electron chi connectivity index (χ1n) is 9.21. The molecular weight excluding hydrogens is 412 g/mol. The van der Waals surface area contributed by atoms with Crippen molar-refractivity contribution in [3.8, 4) is 17.2 Å². The van der Waals surface area contributed by atoms with E-state index < -0.39 is 0 Å². The van der Waals surface area contributed by atoms with Crippen LogP contribution in [0.4, 0.5) is 5.69 Å². The van der Waals surface area contributed by atoms with Gasteiger partial charge in [0, 0.05) is 18.1 Å². The van der Waals surface area contributed by atoms with Crippen molar-refractivity contribution in [2.24, 2.45) is 0 Å². The molecule has 2 aromatic carbocycles. The fourth-order valence-electron chi connectivity index (χ4n) is 3.06. The molecule has 1 amide bonds. The molecule has 1 aromatic heterocycles. The number of nitrogens with zero attached hydrogens (tertiary/aromatic N) is 3. The molecule has 1 aliphatic heterocycles. The zero-order chi connectivity index (χ0) is 19.8. The predicted molar refractivity (Wildman–Crippen MR) is 110 cm³/mol. The van der Waals surface area contributed by atoms with E-state index in [2.05, 4.69) is 15.4 Å². The minimum atomic E-state index is -0.195. The molecule has 29 heavy (non-hydrogen) atoms. The molecule has 148 valence electrons. The molecule has 0 spiro atoms. The van der Waals surface area contributed by atoms with Gasteiger partial charge < -0.3 is 14.8 Å². The maximum absolute atomic E-state index is 12.4. The molecule has 0 saturated heterocycles. The van der Waals surface area contributed by atoms with Crippen LogP contribution in [0.1, 0.15) is 24.6 Å². The Morgan fingerprint density at radius 2 is 1.97 bits per heavy atom. The number of anilines is 1. The largest absolute Gasteiger partial charge is 0.454 e. The third-order valence-corrected chi connectivity index (χ3v) is 5.78. The molecule has 7 nitrogen and oxygen atoms in total. The van der Waals surface area contributed by atoms with E-state index in [0.29, 0.717) is 33.3 Å². The number of para-hydroxylation sites is 1. The Kier molecular flexibility index (Phi) is 4.81. The lowest BCUT2D eigenvalue weighted by molar-refractivity contribution is -0.113. The molecule has 1 saturated carbocycles. The molecule has 0 bridgehead atoms. The monoisotopic (exact) mass is 428 g/mol. The van der Waals surface area contributed by atoms with Crippen LogP contribution in [0.5, 0.6) is 11.5 Å². The normalized spacial score (nSPS) is 14.8. The Labute approximate surface area is 176 Å². The second-order valence-electron chi connectivity index (χ2n) is 6.80. The Morgan fingerprint density at radius 1 is 1.21 bits per heavy atom. The van der Waals surface area contributed by atoms with E-state index in [1.807, 2.05) is 35.0 Å². The molecular formula is C20H17ClN4O3S. The van der Waals surface area contributed by atoms with Gasteiger partial charge in [-0.1, -0.05) is 41.6 Å². The number of carbonyl (C=O) groups is 1. The van der Waals surface area contributed by atoms with Crippen molar-refractivity contribution in [3.05, 3.63) is 53.3 Å². The first kappa shape index (κ1) is 18.3. The van der Waals surface area contributed by atoms with Gasteiger partial charge in [-0.2, -0.15) is 0 Å². The van der Waals surface area contributed by atoms with E-state index in [1.165, 1.54) is 11.8 Å². The number of hydrogen-bond acceptors (Lipinski definition) is 6. The summed E-state index contributed by atoms with van der Waals surface area (Å²) in [5.41, 5.74) is 1.47. The Hall–Kier alpha value is -2.71. The summed E-state index contributed by atoms with van der Waals surface area (Å²) in [4.78, 5) is 17.1. The van der Waals surface area contributed by atoms with Crippen LogP contribution < -0.4 is 14.8 Å².